The van der Waals surface area contributed by atoms with Crippen LogP contribution >= 0.6 is 0 Å². The number of likely N-dealkylation sites (tertiary alicyclic amines) is 1. The van der Waals surface area contributed by atoms with Crippen LogP contribution in [0.2, 0.25) is 0 Å². The number of hydrogen-bond donors (Lipinski definition) is 1. The standard InChI is InChI=1S/C14H17NO3/c1-10-7-11(9-12(8-10)14(17)18)13(16)15-5-3-2-4-6-15/h7-9H,2-6H2,1H3,(H,17,18). The third-order valence-electron chi connectivity index (χ3n) is 3.21. The molecule has 2 rings (SSSR count). The van der Waals surface area contributed by atoms with Crippen molar-refractivity contribution in [2.75, 3.05) is 13.1 Å². The van der Waals surface area contributed by atoms with Gasteiger partial charge in [0.05, 0.1) is 5.56 Å². The molecule has 0 spiro atoms. The van der Waals surface area contributed by atoms with Crippen LogP contribution in [0, 0.1) is 6.92 Å². The molecule has 4 nitrogen and oxygen atoms in total. The summed E-state index contributed by atoms with van der Waals surface area (Å²) in [6.45, 7) is 3.35. The zero-order valence-electron chi connectivity index (χ0n) is 10.5. The van der Waals surface area contributed by atoms with Gasteiger partial charge in [-0.15, -0.1) is 0 Å². The van der Waals surface area contributed by atoms with Crippen molar-refractivity contribution in [1.82, 2.24) is 4.90 Å². The zero-order chi connectivity index (χ0) is 13.1. The number of piperidine rings is 1. The highest BCUT2D eigenvalue weighted by atomic mass is 16.4. The fourth-order valence-corrected chi connectivity index (χ4v) is 2.31. The van der Waals surface area contributed by atoms with Crippen LogP contribution in [-0.2, 0) is 0 Å². The lowest BCUT2D eigenvalue weighted by atomic mass is 10.0. The average Bonchev–Trinajstić information content (AvgIpc) is 2.38. The summed E-state index contributed by atoms with van der Waals surface area (Å²) >= 11 is 0. The van der Waals surface area contributed by atoms with E-state index in [0.29, 0.717) is 5.56 Å². The van der Waals surface area contributed by atoms with E-state index in [4.69, 9.17) is 5.11 Å². The van der Waals surface area contributed by atoms with Crippen molar-refractivity contribution in [1.29, 1.82) is 0 Å². The summed E-state index contributed by atoms with van der Waals surface area (Å²) in [6.07, 6.45) is 3.23. The van der Waals surface area contributed by atoms with Crippen molar-refractivity contribution in [3.8, 4) is 0 Å². The molecule has 1 amide bonds. The maximum Gasteiger partial charge on any atom is 0.335 e. The number of aryl methyl sites for hydroxylation is 1. The van der Waals surface area contributed by atoms with Gasteiger partial charge in [0.15, 0.2) is 0 Å². The van der Waals surface area contributed by atoms with E-state index in [2.05, 4.69) is 0 Å². The Morgan fingerprint density at radius 1 is 1.06 bits per heavy atom. The molecule has 0 saturated carbocycles. The molecule has 1 aromatic carbocycles. The Balaban J connectivity index is 2.26. The Labute approximate surface area is 106 Å². The largest absolute Gasteiger partial charge is 0.478 e. The highest BCUT2D eigenvalue weighted by Crippen LogP contribution is 2.16. The van der Waals surface area contributed by atoms with Gasteiger partial charge in [-0.25, -0.2) is 4.79 Å². The monoisotopic (exact) mass is 247 g/mol. The van der Waals surface area contributed by atoms with E-state index >= 15 is 0 Å². The second kappa shape index (κ2) is 5.21. The molecule has 18 heavy (non-hydrogen) atoms. The lowest BCUT2D eigenvalue weighted by molar-refractivity contribution is 0.0696. The van der Waals surface area contributed by atoms with Crippen molar-refractivity contribution >= 4 is 11.9 Å². The molecule has 1 heterocycles. The highest BCUT2D eigenvalue weighted by Gasteiger charge is 2.19. The summed E-state index contributed by atoms with van der Waals surface area (Å²) in [4.78, 5) is 25.0. The molecule has 0 unspecified atom stereocenters. The first-order valence-corrected chi connectivity index (χ1v) is 6.22. The molecule has 0 aromatic heterocycles. The van der Waals surface area contributed by atoms with Crippen LogP contribution in [0.25, 0.3) is 0 Å². The van der Waals surface area contributed by atoms with Gasteiger partial charge >= 0.3 is 5.97 Å². The van der Waals surface area contributed by atoms with Gasteiger partial charge in [0, 0.05) is 18.7 Å². The minimum Gasteiger partial charge on any atom is -0.478 e. The Morgan fingerprint density at radius 2 is 1.67 bits per heavy atom. The second-order valence-electron chi connectivity index (χ2n) is 4.75. The van der Waals surface area contributed by atoms with Gasteiger partial charge < -0.3 is 10.0 Å². The molecular formula is C14H17NO3. The molecule has 0 bridgehead atoms. The Kier molecular flexibility index (Phi) is 3.65. The molecule has 1 aromatic rings. The second-order valence-corrected chi connectivity index (χ2v) is 4.75. The van der Waals surface area contributed by atoms with Crippen LogP contribution in [0.15, 0.2) is 18.2 Å². The Bertz CT molecular complexity index is 476. The minimum absolute atomic E-state index is 0.0547. The molecule has 96 valence electrons. The summed E-state index contributed by atoms with van der Waals surface area (Å²) < 4.78 is 0. The lowest BCUT2D eigenvalue weighted by Crippen LogP contribution is -2.35. The molecule has 1 fully saturated rings. The van der Waals surface area contributed by atoms with E-state index in [-0.39, 0.29) is 11.5 Å². The zero-order valence-corrected chi connectivity index (χ0v) is 10.5. The molecule has 0 atom stereocenters. The van der Waals surface area contributed by atoms with Crippen LogP contribution in [0.4, 0.5) is 0 Å². The van der Waals surface area contributed by atoms with Gasteiger partial charge in [0.2, 0.25) is 0 Å². The number of aromatic carboxylic acids is 1. The third-order valence-corrected chi connectivity index (χ3v) is 3.21. The van der Waals surface area contributed by atoms with Gasteiger partial charge in [-0.3, -0.25) is 4.79 Å². The summed E-state index contributed by atoms with van der Waals surface area (Å²) in [5, 5.41) is 9.00. The molecular weight excluding hydrogens is 230 g/mol. The maximum atomic E-state index is 12.3. The maximum absolute atomic E-state index is 12.3. The number of carbonyl (C=O) groups excluding carboxylic acids is 1. The Hall–Kier alpha value is -1.84. The molecule has 1 aliphatic rings. The van der Waals surface area contributed by atoms with Crippen LogP contribution in [0.5, 0.6) is 0 Å². The lowest BCUT2D eigenvalue weighted by Gasteiger charge is -2.26. The normalized spacial score (nSPS) is 15.5. The third kappa shape index (κ3) is 2.70. The van der Waals surface area contributed by atoms with E-state index in [9.17, 15) is 9.59 Å². The van der Waals surface area contributed by atoms with Gasteiger partial charge in [0.1, 0.15) is 0 Å². The minimum atomic E-state index is -0.994. The fourth-order valence-electron chi connectivity index (χ4n) is 2.31. The topological polar surface area (TPSA) is 57.6 Å². The van der Waals surface area contributed by atoms with Crippen LogP contribution < -0.4 is 0 Å². The molecule has 4 heteroatoms. The molecule has 1 saturated heterocycles. The highest BCUT2D eigenvalue weighted by molar-refractivity contribution is 5.97. The van der Waals surface area contributed by atoms with Crippen molar-refractivity contribution in [2.24, 2.45) is 0 Å². The molecule has 1 N–H and O–H groups in total. The van der Waals surface area contributed by atoms with E-state index in [0.717, 1.165) is 37.9 Å². The van der Waals surface area contributed by atoms with Crippen molar-refractivity contribution in [3.63, 3.8) is 0 Å². The molecule has 1 aliphatic heterocycles. The van der Waals surface area contributed by atoms with E-state index in [1.54, 1.807) is 19.1 Å². The summed E-state index contributed by atoms with van der Waals surface area (Å²) in [6, 6.07) is 4.80. The fraction of sp³-hybridized carbons (Fsp3) is 0.429. The first-order valence-electron chi connectivity index (χ1n) is 6.22. The number of carboxylic acid groups (broad SMARTS) is 1. The summed E-state index contributed by atoms with van der Waals surface area (Å²) in [5.41, 5.74) is 1.46. The van der Waals surface area contributed by atoms with Crippen molar-refractivity contribution < 1.29 is 14.7 Å². The quantitative estimate of drug-likeness (QED) is 0.872. The number of benzene rings is 1. The molecule has 0 aliphatic carbocycles. The smallest absolute Gasteiger partial charge is 0.335 e. The Morgan fingerprint density at radius 3 is 2.28 bits per heavy atom. The van der Waals surface area contributed by atoms with Crippen molar-refractivity contribution in [3.05, 3.63) is 34.9 Å². The van der Waals surface area contributed by atoms with Gasteiger partial charge in [-0.1, -0.05) is 0 Å². The van der Waals surface area contributed by atoms with Crippen LogP contribution in [0.3, 0.4) is 0 Å². The first kappa shape index (κ1) is 12.6. The van der Waals surface area contributed by atoms with Gasteiger partial charge in [0.25, 0.3) is 5.91 Å². The van der Waals surface area contributed by atoms with Crippen LogP contribution in [-0.4, -0.2) is 35.0 Å². The number of carboxylic acids is 1. The number of amides is 1. The average molecular weight is 247 g/mol. The summed E-state index contributed by atoms with van der Waals surface area (Å²) in [7, 11) is 0. The number of carbonyl (C=O) groups is 2. The van der Waals surface area contributed by atoms with Gasteiger partial charge in [-0.05, 0) is 49.9 Å². The summed E-state index contributed by atoms with van der Waals surface area (Å²) in [5.74, 6) is -1.05. The number of nitrogens with zero attached hydrogens (tertiary/aromatic N) is 1. The van der Waals surface area contributed by atoms with Crippen molar-refractivity contribution in [2.45, 2.75) is 26.2 Å². The van der Waals surface area contributed by atoms with Gasteiger partial charge in [-0.2, -0.15) is 0 Å². The van der Waals surface area contributed by atoms with E-state index in [1.807, 2.05) is 4.90 Å². The predicted octanol–water partition coefficient (Wildman–Crippen LogP) is 2.32. The SMILES string of the molecule is Cc1cc(C(=O)O)cc(C(=O)N2CCCCC2)c1. The first-order chi connectivity index (χ1) is 8.58. The predicted molar refractivity (Wildman–Crippen MR) is 67.9 cm³/mol. The van der Waals surface area contributed by atoms with Crippen LogP contribution in [0.1, 0.15) is 45.5 Å². The van der Waals surface area contributed by atoms with E-state index in [1.165, 1.54) is 6.07 Å². The van der Waals surface area contributed by atoms with E-state index < -0.39 is 5.97 Å². The number of rotatable bonds is 2. The molecule has 0 radical (unpaired) electrons. The number of hydrogen-bond acceptors (Lipinski definition) is 2.